The molecule has 1 atom stereocenters. The minimum atomic E-state index is -2.20. The Labute approximate surface area is 153 Å². The van der Waals surface area contributed by atoms with Gasteiger partial charge in [0.25, 0.3) is 11.3 Å². The number of rotatable bonds is 6. The van der Waals surface area contributed by atoms with Crippen molar-refractivity contribution in [2.24, 2.45) is 0 Å². The first-order valence-electron chi connectivity index (χ1n) is 8.07. The lowest BCUT2D eigenvalue weighted by molar-refractivity contribution is 0.0664. The highest BCUT2D eigenvalue weighted by Gasteiger charge is 2.19. The fraction of sp³-hybridized carbons (Fsp3) is 0.211. The summed E-state index contributed by atoms with van der Waals surface area (Å²) in [5, 5.41) is 9.79. The van der Waals surface area contributed by atoms with E-state index in [1.54, 1.807) is 25.1 Å². The fourth-order valence-corrected chi connectivity index (χ4v) is 3.39. The number of carboxylic acid groups (broad SMARTS) is 1. The molecular weight excluding hydrogens is 354 g/mol. The van der Waals surface area contributed by atoms with Crippen molar-refractivity contribution >= 4 is 33.9 Å². The molecule has 0 radical (unpaired) electrons. The van der Waals surface area contributed by atoms with E-state index in [1.165, 1.54) is 4.31 Å². The molecule has 2 aromatic carbocycles. The highest BCUT2D eigenvalue weighted by Crippen LogP contribution is 2.30. The number of fused-ring (bicyclic) bond motifs is 1. The van der Waals surface area contributed by atoms with E-state index in [-0.39, 0.29) is 5.76 Å². The monoisotopic (exact) mass is 373 g/mol. The maximum atomic E-state index is 11.8. The van der Waals surface area contributed by atoms with Crippen LogP contribution in [0.4, 0.5) is 5.69 Å². The van der Waals surface area contributed by atoms with E-state index in [9.17, 15) is 18.7 Å². The van der Waals surface area contributed by atoms with Crippen molar-refractivity contribution in [1.82, 2.24) is 0 Å². The number of anilines is 1. The van der Waals surface area contributed by atoms with E-state index >= 15 is 0 Å². The van der Waals surface area contributed by atoms with E-state index < -0.39 is 17.2 Å². The van der Waals surface area contributed by atoms with Gasteiger partial charge in [-0.1, -0.05) is 29.8 Å². The number of benzene rings is 2. The summed E-state index contributed by atoms with van der Waals surface area (Å²) >= 11 is -2.20. The lowest BCUT2D eigenvalue weighted by Gasteiger charge is -2.20. The van der Waals surface area contributed by atoms with Gasteiger partial charge in [-0.3, -0.25) is 8.86 Å². The number of nitrogens with zero attached hydrogens (tertiary/aromatic N) is 1. The van der Waals surface area contributed by atoms with Gasteiger partial charge in [-0.2, -0.15) is 0 Å². The number of furan rings is 1. The van der Waals surface area contributed by atoms with Crippen LogP contribution in [0.5, 0.6) is 0 Å². The molecule has 0 aliphatic carbocycles. The van der Waals surface area contributed by atoms with Gasteiger partial charge < -0.3 is 9.52 Å². The van der Waals surface area contributed by atoms with Crippen molar-refractivity contribution in [3.8, 4) is 0 Å². The normalized spacial score (nSPS) is 12.3. The van der Waals surface area contributed by atoms with Crippen LogP contribution in [0, 0.1) is 13.8 Å². The Hall–Kier alpha value is -2.64. The topological polar surface area (TPSA) is 91.0 Å². The van der Waals surface area contributed by atoms with Crippen LogP contribution in [-0.2, 0) is 17.7 Å². The molecular formula is C19H19NO5S. The lowest BCUT2D eigenvalue weighted by atomic mass is 10.1. The fourth-order valence-electron chi connectivity index (χ4n) is 2.85. The van der Waals surface area contributed by atoms with Gasteiger partial charge in [0.1, 0.15) is 5.58 Å². The van der Waals surface area contributed by atoms with E-state index in [1.807, 2.05) is 31.2 Å². The highest BCUT2D eigenvalue weighted by molar-refractivity contribution is 7.80. The van der Waals surface area contributed by atoms with E-state index in [2.05, 4.69) is 0 Å². The molecule has 0 saturated heterocycles. The van der Waals surface area contributed by atoms with Crippen LogP contribution in [0.15, 0.2) is 46.9 Å². The smallest absolute Gasteiger partial charge is 0.372 e. The Balaban J connectivity index is 1.89. The summed E-state index contributed by atoms with van der Waals surface area (Å²) in [6.07, 6.45) is 0.607. The number of aromatic carboxylic acids is 1. The molecule has 136 valence electrons. The van der Waals surface area contributed by atoms with Crippen molar-refractivity contribution in [3.05, 3.63) is 64.9 Å². The number of aryl methyl sites for hydroxylation is 2. The molecule has 3 aromatic rings. The van der Waals surface area contributed by atoms with Gasteiger partial charge in [0.05, 0.1) is 5.69 Å². The van der Waals surface area contributed by atoms with Gasteiger partial charge >= 0.3 is 5.97 Å². The SMILES string of the molecule is Cc1ccc(CCN(c2ccc3oc(C(=O)O)c(C)c3c2)S(=O)O)cc1. The summed E-state index contributed by atoms with van der Waals surface area (Å²) in [6.45, 7) is 4.01. The summed E-state index contributed by atoms with van der Waals surface area (Å²) in [4.78, 5) is 11.2. The maximum absolute atomic E-state index is 11.8. The van der Waals surface area contributed by atoms with Gasteiger partial charge in [-0.05, 0) is 44.0 Å². The molecule has 6 nitrogen and oxygen atoms in total. The number of carbonyl (C=O) groups is 1. The van der Waals surface area contributed by atoms with Gasteiger partial charge in [0, 0.05) is 17.5 Å². The van der Waals surface area contributed by atoms with Crippen LogP contribution < -0.4 is 4.31 Å². The zero-order valence-electron chi connectivity index (χ0n) is 14.4. The average Bonchev–Trinajstić information content (AvgIpc) is 2.93. The highest BCUT2D eigenvalue weighted by atomic mass is 32.2. The Bertz CT molecular complexity index is 978. The van der Waals surface area contributed by atoms with Crippen LogP contribution in [0.1, 0.15) is 27.2 Å². The van der Waals surface area contributed by atoms with Crippen LogP contribution in [0.25, 0.3) is 11.0 Å². The Kier molecular flexibility index (Phi) is 5.11. The summed E-state index contributed by atoms with van der Waals surface area (Å²) in [6, 6.07) is 13.0. The number of hydrogen-bond acceptors (Lipinski definition) is 3. The Morgan fingerprint density at radius 2 is 1.85 bits per heavy atom. The maximum Gasteiger partial charge on any atom is 0.372 e. The standard InChI is InChI=1S/C19H19NO5S/c1-12-3-5-14(6-4-12)9-10-20(26(23)24)15-7-8-17-16(11-15)13(2)18(25-17)19(21)22/h3-8,11H,9-10H2,1-2H3,(H,21,22)(H,23,24). The molecule has 0 spiro atoms. The average molecular weight is 373 g/mol. The Morgan fingerprint density at radius 3 is 2.46 bits per heavy atom. The molecule has 0 fully saturated rings. The van der Waals surface area contributed by atoms with Gasteiger partial charge in [0.2, 0.25) is 5.76 Å². The second-order valence-electron chi connectivity index (χ2n) is 6.11. The first-order valence-corrected chi connectivity index (χ1v) is 9.13. The molecule has 3 rings (SSSR count). The van der Waals surface area contributed by atoms with Crippen LogP contribution >= 0.6 is 0 Å². The largest absolute Gasteiger partial charge is 0.475 e. The molecule has 2 N–H and O–H groups in total. The van der Waals surface area contributed by atoms with Crippen LogP contribution in [0.3, 0.4) is 0 Å². The lowest BCUT2D eigenvalue weighted by Crippen LogP contribution is -2.27. The number of hydrogen-bond donors (Lipinski definition) is 2. The van der Waals surface area contributed by atoms with Crippen LogP contribution in [-0.4, -0.2) is 26.4 Å². The first kappa shape index (κ1) is 18.2. The van der Waals surface area contributed by atoms with Crippen molar-refractivity contribution in [2.75, 3.05) is 10.8 Å². The zero-order valence-corrected chi connectivity index (χ0v) is 15.2. The quantitative estimate of drug-likeness (QED) is 0.639. The van der Waals surface area contributed by atoms with Gasteiger partial charge in [0.15, 0.2) is 0 Å². The summed E-state index contributed by atoms with van der Waals surface area (Å²) < 4.78 is 28.2. The van der Waals surface area contributed by atoms with Crippen molar-refractivity contribution < 1.29 is 23.1 Å². The van der Waals surface area contributed by atoms with Crippen LogP contribution in [0.2, 0.25) is 0 Å². The summed E-state index contributed by atoms with van der Waals surface area (Å²) in [5.74, 6) is -1.25. The molecule has 1 unspecified atom stereocenters. The molecule has 0 bridgehead atoms. The third-order valence-electron chi connectivity index (χ3n) is 4.31. The van der Waals surface area contributed by atoms with Gasteiger partial charge in [-0.25, -0.2) is 9.00 Å². The molecule has 0 aliphatic rings. The minimum absolute atomic E-state index is 0.117. The second kappa shape index (κ2) is 7.31. The third-order valence-corrected chi connectivity index (χ3v) is 5.09. The molecule has 0 saturated carbocycles. The van der Waals surface area contributed by atoms with E-state index in [4.69, 9.17) is 4.42 Å². The molecule has 0 aliphatic heterocycles. The zero-order chi connectivity index (χ0) is 18.8. The molecule has 7 heteroatoms. The summed E-state index contributed by atoms with van der Waals surface area (Å²) in [7, 11) is 0. The second-order valence-corrected chi connectivity index (χ2v) is 7.01. The van der Waals surface area contributed by atoms with E-state index in [0.717, 1.165) is 11.1 Å². The predicted molar refractivity (Wildman–Crippen MR) is 101 cm³/mol. The number of carboxylic acids is 1. The summed E-state index contributed by atoms with van der Waals surface area (Å²) in [5.41, 5.74) is 3.69. The first-order chi connectivity index (χ1) is 12.4. The Morgan fingerprint density at radius 1 is 1.15 bits per heavy atom. The minimum Gasteiger partial charge on any atom is -0.475 e. The van der Waals surface area contributed by atoms with Crippen molar-refractivity contribution in [2.45, 2.75) is 20.3 Å². The van der Waals surface area contributed by atoms with Crippen molar-refractivity contribution in [3.63, 3.8) is 0 Å². The molecule has 26 heavy (non-hydrogen) atoms. The molecule has 1 aromatic heterocycles. The van der Waals surface area contributed by atoms with E-state index in [0.29, 0.717) is 35.2 Å². The molecule has 0 amide bonds. The predicted octanol–water partition coefficient (Wildman–Crippen LogP) is 3.93. The van der Waals surface area contributed by atoms with Crippen molar-refractivity contribution in [1.29, 1.82) is 0 Å². The molecule has 1 heterocycles. The van der Waals surface area contributed by atoms with Gasteiger partial charge in [-0.15, -0.1) is 0 Å². The third kappa shape index (κ3) is 3.63.